The largest absolute Gasteiger partial charge is 0.399 e. The smallest absolute Gasteiger partial charge is 0.0431 e. The molecule has 0 aliphatic carbocycles. The van der Waals surface area contributed by atoms with Gasteiger partial charge in [-0.2, -0.15) is 0 Å². The molecule has 0 heterocycles. The molecule has 0 spiro atoms. The molecule has 0 aliphatic heterocycles. The molecule has 0 radical (unpaired) electrons. The van der Waals surface area contributed by atoms with Crippen LogP contribution in [0.1, 0.15) is 12.8 Å². The molecule has 5 nitrogen and oxygen atoms in total. The lowest BCUT2D eigenvalue weighted by molar-refractivity contribution is 0.274. The maximum atomic E-state index is 9.08. The Labute approximate surface area is 137 Å². The molecule has 2 aromatic carbocycles. The van der Waals surface area contributed by atoms with Gasteiger partial charge in [0.1, 0.15) is 0 Å². The molecule has 5 heteroatoms. The van der Waals surface area contributed by atoms with E-state index in [0.717, 1.165) is 48.7 Å². The number of aliphatic hydroxyl groups is 1. The molecular formula is C18H26N4O. The summed E-state index contributed by atoms with van der Waals surface area (Å²) in [6.07, 6.45) is 1.76. The van der Waals surface area contributed by atoms with Gasteiger partial charge in [0.25, 0.3) is 0 Å². The third kappa shape index (κ3) is 6.08. The minimum Gasteiger partial charge on any atom is -0.399 e. The summed E-state index contributed by atoms with van der Waals surface area (Å²) in [6.45, 7) is 1.90. The van der Waals surface area contributed by atoms with Crippen molar-refractivity contribution in [2.75, 3.05) is 41.8 Å². The van der Waals surface area contributed by atoms with E-state index in [4.69, 9.17) is 16.6 Å². The molecular weight excluding hydrogens is 288 g/mol. The van der Waals surface area contributed by atoms with Gasteiger partial charge in [-0.1, -0.05) is 0 Å². The number of hydrogen-bond acceptors (Lipinski definition) is 5. The van der Waals surface area contributed by atoms with Crippen molar-refractivity contribution in [2.24, 2.45) is 5.92 Å². The summed E-state index contributed by atoms with van der Waals surface area (Å²) in [4.78, 5) is 0. The van der Waals surface area contributed by atoms with Crippen LogP contribution in [-0.4, -0.2) is 24.8 Å². The fourth-order valence-electron chi connectivity index (χ4n) is 2.38. The van der Waals surface area contributed by atoms with Crippen LogP contribution in [-0.2, 0) is 0 Å². The van der Waals surface area contributed by atoms with Crippen LogP contribution in [0.4, 0.5) is 22.7 Å². The van der Waals surface area contributed by atoms with Crippen LogP contribution in [0.3, 0.4) is 0 Å². The Morgan fingerprint density at radius 3 is 1.61 bits per heavy atom. The van der Waals surface area contributed by atoms with E-state index in [1.807, 2.05) is 48.5 Å². The van der Waals surface area contributed by atoms with Gasteiger partial charge in [0.2, 0.25) is 0 Å². The van der Waals surface area contributed by atoms with Gasteiger partial charge in [-0.3, -0.25) is 0 Å². The summed E-state index contributed by atoms with van der Waals surface area (Å²) in [5, 5.41) is 15.9. The third-order valence-electron chi connectivity index (χ3n) is 3.78. The summed E-state index contributed by atoms with van der Waals surface area (Å²) < 4.78 is 0. The molecule has 0 unspecified atom stereocenters. The Hall–Kier alpha value is -2.40. The monoisotopic (exact) mass is 314 g/mol. The van der Waals surface area contributed by atoms with E-state index >= 15 is 0 Å². The van der Waals surface area contributed by atoms with E-state index in [9.17, 15) is 0 Å². The molecule has 0 saturated heterocycles. The second-order valence-corrected chi connectivity index (χ2v) is 5.74. The van der Waals surface area contributed by atoms with Crippen LogP contribution < -0.4 is 22.1 Å². The van der Waals surface area contributed by atoms with Crippen molar-refractivity contribution in [1.82, 2.24) is 0 Å². The first kappa shape index (κ1) is 17.0. The topological polar surface area (TPSA) is 96.3 Å². The number of anilines is 4. The molecule has 2 rings (SSSR count). The zero-order chi connectivity index (χ0) is 16.5. The standard InChI is InChI=1S/C18H26N4O/c19-15-3-7-17(8-4-15)21-12-14(2-1-11-23)13-22-18-9-5-16(20)6-10-18/h3-10,14,21-23H,1-2,11-13,19-20H2. The van der Waals surface area contributed by atoms with Crippen LogP contribution in [0.25, 0.3) is 0 Å². The van der Waals surface area contributed by atoms with Crippen LogP contribution in [0.5, 0.6) is 0 Å². The number of nitrogens with two attached hydrogens (primary N) is 2. The van der Waals surface area contributed by atoms with Crippen molar-refractivity contribution in [3.63, 3.8) is 0 Å². The lowest BCUT2D eigenvalue weighted by Gasteiger charge is -2.19. The van der Waals surface area contributed by atoms with Gasteiger partial charge in [-0.15, -0.1) is 0 Å². The predicted octanol–water partition coefficient (Wildman–Crippen LogP) is 2.76. The summed E-state index contributed by atoms with van der Waals surface area (Å²) in [7, 11) is 0. The Morgan fingerprint density at radius 1 is 0.783 bits per heavy atom. The van der Waals surface area contributed by atoms with E-state index in [1.54, 1.807) is 0 Å². The van der Waals surface area contributed by atoms with E-state index in [1.165, 1.54) is 0 Å². The number of aliphatic hydroxyl groups excluding tert-OH is 1. The second-order valence-electron chi connectivity index (χ2n) is 5.74. The Bertz CT molecular complexity index is 519. The molecule has 2 aromatic rings. The SMILES string of the molecule is Nc1ccc(NCC(CCCO)CNc2ccc(N)cc2)cc1. The molecule has 23 heavy (non-hydrogen) atoms. The zero-order valence-electron chi connectivity index (χ0n) is 13.3. The van der Waals surface area contributed by atoms with Crippen molar-refractivity contribution >= 4 is 22.7 Å². The normalized spacial score (nSPS) is 10.7. The molecule has 0 atom stereocenters. The highest BCUT2D eigenvalue weighted by atomic mass is 16.2. The molecule has 0 amide bonds. The summed E-state index contributed by atoms with van der Waals surface area (Å²) >= 11 is 0. The first-order chi connectivity index (χ1) is 11.2. The van der Waals surface area contributed by atoms with Gasteiger partial charge in [0.05, 0.1) is 0 Å². The van der Waals surface area contributed by atoms with Crippen LogP contribution >= 0.6 is 0 Å². The Balaban J connectivity index is 1.85. The highest BCUT2D eigenvalue weighted by Gasteiger charge is 2.08. The van der Waals surface area contributed by atoms with E-state index in [0.29, 0.717) is 5.92 Å². The highest BCUT2D eigenvalue weighted by molar-refractivity contribution is 5.52. The maximum absolute atomic E-state index is 9.08. The molecule has 124 valence electrons. The zero-order valence-corrected chi connectivity index (χ0v) is 13.3. The van der Waals surface area contributed by atoms with Crippen molar-refractivity contribution in [3.05, 3.63) is 48.5 Å². The quantitative estimate of drug-likeness (QED) is 0.459. The number of nitrogens with one attached hydrogen (secondary N) is 2. The van der Waals surface area contributed by atoms with E-state index < -0.39 is 0 Å². The Morgan fingerprint density at radius 2 is 1.22 bits per heavy atom. The van der Waals surface area contributed by atoms with Crippen LogP contribution in [0.15, 0.2) is 48.5 Å². The second kappa shape index (κ2) is 8.90. The average molecular weight is 314 g/mol. The maximum Gasteiger partial charge on any atom is 0.0431 e. The lowest BCUT2D eigenvalue weighted by atomic mass is 10.0. The van der Waals surface area contributed by atoms with E-state index in [-0.39, 0.29) is 6.61 Å². The minimum absolute atomic E-state index is 0.222. The number of benzene rings is 2. The summed E-state index contributed by atoms with van der Waals surface area (Å²) in [6, 6.07) is 15.5. The van der Waals surface area contributed by atoms with Gasteiger partial charge in [-0.25, -0.2) is 0 Å². The van der Waals surface area contributed by atoms with Crippen LogP contribution in [0.2, 0.25) is 0 Å². The molecule has 0 aliphatic rings. The van der Waals surface area contributed by atoms with Crippen molar-refractivity contribution in [1.29, 1.82) is 0 Å². The van der Waals surface area contributed by atoms with Gasteiger partial charge in [0, 0.05) is 42.4 Å². The predicted molar refractivity (Wildman–Crippen MR) is 98.5 cm³/mol. The number of rotatable bonds is 9. The summed E-state index contributed by atoms with van der Waals surface area (Å²) in [5.74, 6) is 0.414. The van der Waals surface area contributed by atoms with Gasteiger partial charge in [0.15, 0.2) is 0 Å². The molecule has 0 bridgehead atoms. The highest BCUT2D eigenvalue weighted by Crippen LogP contribution is 2.15. The first-order valence-corrected chi connectivity index (χ1v) is 7.97. The molecule has 0 aromatic heterocycles. The summed E-state index contributed by atoms with van der Waals surface area (Å²) in [5.41, 5.74) is 15.0. The average Bonchev–Trinajstić information content (AvgIpc) is 2.57. The molecule has 0 fully saturated rings. The third-order valence-corrected chi connectivity index (χ3v) is 3.78. The van der Waals surface area contributed by atoms with Crippen molar-refractivity contribution in [3.8, 4) is 0 Å². The lowest BCUT2D eigenvalue weighted by Crippen LogP contribution is -2.23. The van der Waals surface area contributed by atoms with Gasteiger partial charge in [-0.05, 0) is 67.3 Å². The van der Waals surface area contributed by atoms with Crippen molar-refractivity contribution < 1.29 is 5.11 Å². The van der Waals surface area contributed by atoms with Gasteiger partial charge >= 0.3 is 0 Å². The number of nitrogen functional groups attached to an aromatic ring is 2. The van der Waals surface area contributed by atoms with Gasteiger partial charge < -0.3 is 27.2 Å². The van der Waals surface area contributed by atoms with Crippen molar-refractivity contribution in [2.45, 2.75) is 12.8 Å². The molecule has 0 saturated carbocycles. The fourth-order valence-corrected chi connectivity index (χ4v) is 2.38. The Kier molecular flexibility index (Phi) is 6.56. The number of hydrogen-bond donors (Lipinski definition) is 5. The van der Waals surface area contributed by atoms with E-state index in [2.05, 4.69) is 10.6 Å². The first-order valence-electron chi connectivity index (χ1n) is 7.97. The molecule has 7 N–H and O–H groups in total. The van der Waals surface area contributed by atoms with Crippen LogP contribution in [0, 0.1) is 5.92 Å². The fraction of sp³-hybridized carbons (Fsp3) is 0.333. The minimum atomic E-state index is 0.222.